The van der Waals surface area contributed by atoms with Crippen LogP contribution in [0.3, 0.4) is 0 Å². The number of rotatable bonds is 2. The Labute approximate surface area is 87.8 Å². The van der Waals surface area contributed by atoms with Gasteiger partial charge in [-0.25, -0.2) is 0 Å². The summed E-state index contributed by atoms with van der Waals surface area (Å²) in [6.07, 6.45) is 8.30. The second-order valence-electron chi connectivity index (χ2n) is 4.92. The third-order valence-electron chi connectivity index (χ3n) is 4.28. The van der Waals surface area contributed by atoms with Crippen molar-refractivity contribution in [2.75, 3.05) is 19.6 Å². The van der Waals surface area contributed by atoms with E-state index in [4.69, 9.17) is 0 Å². The fourth-order valence-corrected chi connectivity index (χ4v) is 3.30. The zero-order chi connectivity index (χ0) is 9.86. The third-order valence-corrected chi connectivity index (χ3v) is 4.28. The predicted octanol–water partition coefficient (Wildman–Crippen LogP) is 1.91. The van der Waals surface area contributed by atoms with Gasteiger partial charge < -0.3 is 10.6 Å². The minimum absolute atomic E-state index is 0.500. The summed E-state index contributed by atoms with van der Waals surface area (Å²) in [6, 6.07) is 0. The molecule has 0 radical (unpaired) electrons. The molecule has 14 heavy (non-hydrogen) atoms. The molecule has 0 aromatic rings. The summed E-state index contributed by atoms with van der Waals surface area (Å²) < 4.78 is 0. The van der Waals surface area contributed by atoms with Crippen molar-refractivity contribution in [3.63, 3.8) is 0 Å². The van der Waals surface area contributed by atoms with Crippen molar-refractivity contribution in [2.45, 2.75) is 51.0 Å². The normalized spacial score (nSPS) is 35.8. The highest BCUT2D eigenvalue weighted by molar-refractivity contribution is 4.97. The van der Waals surface area contributed by atoms with Crippen LogP contribution in [0.1, 0.15) is 45.4 Å². The molecule has 2 heteroatoms. The van der Waals surface area contributed by atoms with Gasteiger partial charge in [-0.3, -0.25) is 0 Å². The Morgan fingerprint density at radius 3 is 2.50 bits per heavy atom. The summed E-state index contributed by atoms with van der Waals surface area (Å²) in [5, 5.41) is 7.29. The van der Waals surface area contributed by atoms with Gasteiger partial charge in [-0.15, -0.1) is 0 Å². The Morgan fingerprint density at radius 1 is 1.14 bits per heavy atom. The summed E-state index contributed by atoms with van der Waals surface area (Å²) >= 11 is 0. The van der Waals surface area contributed by atoms with Gasteiger partial charge in [0.25, 0.3) is 0 Å². The average molecular weight is 196 g/mol. The Hall–Kier alpha value is -0.0800. The van der Waals surface area contributed by atoms with Crippen LogP contribution in [0.5, 0.6) is 0 Å². The van der Waals surface area contributed by atoms with Crippen molar-refractivity contribution in [1.82, 2.24) is 10.6 Å². The van der Waals surface area contributed by atoms with Crippen LogP contribution in [-0.4, -0.2) is 25.2 Å². The molecule has 0 aromatic carbocycles. The van der Waals surface area contributed by atoms with Crippen molar-refractivity contribution < 1.29 is 0 Å². The van der Waals surface area contributed by atoms with E-state index < -0.39 is 0 Å². The van der Waals surface area contributed by atoms with Crippen LogP contribution in [0, 0.1) is 5.92 Å². The molecule has 0 bridgehead atoms. The lowest BCUT2D eigenvalue weighted by atomic mass is 9.72. The second-order valence-corrected chi connectivity index (χ2v) is 4.92. The fraction of sp³-hybridized carbons (Fsp3) is 1.00. The number of hydrogen-bond acceptors (Lipinski definition) is 2. The Bertz CT molecular complexity index is 167. The lowest BCUT2D eigenvalue weighted by Crippen LogP contribution is -2.55. The van der Waals surface area contributed by atoms with Gasteiger partial charge in [0.05, 0.1) is 0 Å². The van der Waals surface area contributed by atoms with Gasteiger partial charge in [-0.05, 0) is 57.7 Å². The number of nitrogens with one attached hydrogen (secondary N) is 2. The van der Waals surface area contributed by atoms with Gasteiger partial charge in [0.1, 0.15) is 0 Å². The van der Waals surface area contributed by atoms with E-state index in [1.54, 1.807) is 0 Å². The van der Waals surface area contributed by atoms with Gasteiger partial charge in [0.2, 0.25) is 0 Å². The molecule has 2 saturated heterocycles. The van der Waals surface area contributed by atoms with Crippen LogP contribution in [0.4, 0.5) is 0 Å². The van der Waals surface area contributed by atoms with E-state index >= 15 is 0 Å². The molecule has 2 heterocycles. The number of piperidine rings is 2. The molecule has 2 fully saturated rings. The first kappa shape index (κ1) is 10.4. The highest BCUT2D eigenvalue weighted by atomic mass is 15.0. The minimum Gasteiger partial charge on any atom is -0.317 e. The van der Waals surface area contributed by atoms with Crippen LogP contribution in [0.15, 0.2) is 0 Å². The number of hydrogen-bond donors (Lipinski definition) is 2. The van der Waals surface area contributed by atoms with E-state index in [0.717, 1.165) is 5.92 Å². The predicted molar refractivity (Wildman–Crippen MR) is 60.5 cm³/mol. The molecule has 82 valence electrons. The molecule has 1 atom stereocenters. The molecule has 2 aliphatic heterocycles. The maximum absolute atomic E-state index is 3.82. The lowest BCUT2D eigenvalue weighted by Gasteiger charge is -2.46. The maximum atomic E-state index is 3.82. The van der Waals surface area contributed by atoms with Gasteiger partial charge in [-0.2, -0.15) is 0 Å². The first-order valence-electron chi connectivity index (χ1n) is 6.33. The highest BCUT2D eigenvalue weighted by Gasteiger charge is 2.37. The maximum Gasteiger partial charge on any atom is 0.0208 e. The zero-order valence-corrected chi connectivity index (χ0v) is 9.44. The molecule has 2 aliphatic rings. The highest BCUT2D eigenvalue weighted by Crippen LogP contribution is 2.35. The fourth-order valence-electron chi connectivity index (χ4n) is 3.30. The first-order chi connectivity index (χ1) is 6.87. The minimum atomic E-state index is 0.500. The monoisotopic (exact) mass is 196 g/mol. The van der Waals surface area contributed by atoms with Gasteiger partial charge in [-0.1, -0.05) is 13.3 Å². The van der Waals surface area contributed by atoms with Crippen molar-refractivity contribution in [1.29, 1.82) is 0 Å². The molecule has 0 amide bonds. The van der Waals surface area contributed by atoms with Gasteiger partial charge >= 0.3 is 0 Å². The Balaban J connectivity index is 2.01. The van der Waals surface area contributed by atoms with Crippen molar-refractivity contribution in [2.24, 2.45) is 5.92 Å². The van der Waals surface area contributed by atoms with E-state index in [2.05, 4.69) is 17.6 Å². The third kappa shape index (κ3) is 1.96. The quantitative estimate of drug-likeness (QED) is 0.705. The average Bonchev–Trinajstić information content (AvgIpc) is 2.31. The van der Waals surface area contributed by atoms with Crippen LogP contribution in [0.2, 0.25) is 0 Å². The van der Waals surface area contributed by atoms with Crippen molar-refractivity contribution in [3.8, 4) is 0 Å². The summed E-state index contributed by atoms with van der Waals surface area (Å²) in [6.45, 7) is 6.07. The Kier molecular flexibility index (Phi) is 3.45. The topological polar surface area (TPSA) is 24.1 Å². The Morgan fingerprint density at radius 2 is 1.93 bits per heavy atom. The standard InChI is InChI=1S/C12H24N2/c1-2-12(7-3-4-8-14-12)11-5-9-13-10-6-11/h11,13-14H,2-10H2,1H3. The molecule has 0 aliphatic carbocycles. The van der Waals surface area contributed by atoms with E-state index in [9.17, 15) is 0 Å². The molecule has 0 spiro atoms. The van der Waals surface area contributed by atoms with E-state index in [1.165, 1.54) is 58.2 Å². The zero-order valence-electron chi connectivity index (χ0n) is 9.44. The van der Waals surface area contributed by atoms with Crippen LogP contribution in [-0.2, 0) is 0 Å². The smallest absolute Gasteiger partial charge is 0.0208 e. The van der Waals surface area contributed by atoms with Gasteiger partial charge in [0, 0.05) is 5.54 Å². The molecular formula is C12H24N2. The molecule has 1 unspecified atom stereocenters. The molecule has 0 saturated carbocycles. The molecule has 2 rings (SSSR count). The van der Waals surface area contributed by atoms with Crippen molar-refractivity contribution in [3.05, 3.63) is 0 Å². The molecule has 2 N–H and O–H groups in total. The van der Waals surface area contributed by atoms with E-state index in [0.29, 0.717) is 5.54 Å². The SMILES string of the molecule is CCC1(C2CCNCC2)CCCCN1. The first-order valence-corrected chi connectivity index (χ1v) is 6.33. The van der Waals surface area contributed by atoms with Crippen LogP contribution >= 0.6 is 0 Å². The summed E-state index contributed by atoms with van der Waals surface area (Å²) in [5.41, 5.74) is 0.500. The molecule has 2 nitrogen and oxygen atoms in total. The summed E-state index contributed by atoms with van der Waals surface area (Å²) in [7, 11) is 0. The van der Waals surface area contributed by atoms with Gasteiger partial charge in [0.15, 0.2) is 0 Å². The molecular weight excluding hydrogens is 172 g/mol. The van der Waals surface area contributed by atoms with E-state index in [-0.39, 0.29) is 0 Å². The van der Waals surface area contributed by atoms with E-state index in [1.807, 2.05) is 0 Å². The summed E-state index contributed by atoms with van der Waals surface area (Å²) in [4.78, 5) is 0. The van der Waals surface area contributed by atoms with Crippen LogP contribution < -0.4 is 10.6 Å². The second kappa shape index (κ2) is 4.63. The lowest BCUT2D eigenvalue weighted by molar-refractivity contribution is 0.126. The van der Waals surface area contributed by atoms with Crippen molar-refractivity contribution >= 4 is 0 Å². The van der Waals surface area contributed by atoms with Crippen LogP contribution in [0.25, 0.3) is 0 Å². The summed E-state index contributed by atoms with van der Waals surface area (Å²) in [5.74, 6) is 0.925. The largest absolute Gasteiger partial charge is 0.317 e. The molecule has 0 aromatic heterocycles.